The van der Waals surface area contributed by atoms with Crippen LogP contribution in [0.25, 0.3) is 0 Å². The van der Waals surface area contributed by atoms with E-state index >= 15 is 0 Å². The van der Waals surface area contributed by atoms with Gasteiger partial charge in [-0.2, -0.15) is 0 Å². The summed E-state index contributed by atoms with van der Waals surface area (Å²) in [6, 6.07) is 20.4. The Labute approximate surface area is 132 Å². The van der Waals surface area contributed by atoms with Crippen molar-refractivity contribution in [3.8, 4) is 0 Å². The Morgan fingerprint density at radius 1 is 0.955 bits per heavy atom. The number of nitrogens with one attached hydrogen (secondary N) is 1. The average Bonchev–Trinajstić information content (AvgIpc) is 2.48. The van der Waals surface area contributed by atoms with Crippen molar-refractivity contribution >= 4 is 5.91 Å². The predicted molar refractivity (Wildman–Crippen MR) is 90.6 cm³/mol. The molecular formula is C19H24N2O. The van der Waals surface area contributed by atoms with Crippen molar-refractivity contribution in [3.63, 3.8) is 0 Å². The number of benzene rings is 2. The molecule has 2 unspecified atom stereocenters. The van der Waals surface area contributed by atoms with Gasteiger partial charge < -0.3 is 11.1 Å². The second kappa shape index (κ2) is 7.76. The van der Waals surface area contributed by atoms with Crippen molar-refractivity contribution in [1.29, 1.82) is 0 Å². The summed E-state index contributed by atoms with van der Waals surface area (Å²) in [7, 11) is 0. The molecule has 3 N–H and O–H groups in total. The first-order valence-electron chi connectivity index (χ1n) is 7.72. The third-order valence-corrected chi connectivity index (χ3v) is 3.71. The lowest BCUT2D eigenvalue weighted by atomic mass is 9.85. The molecule has 0 aromatic heterocycles. The Hall–Kier alpha value is -2.13. The molecule has 0 saturated carbocycles. The largest absolute Gasteiger partial charge is 0.353 e. The lowest BCUT2D eigenvalue weighted by molar-refractivity contribution is -0.122. The Kier molecular flexibility index (Phi) is 5.73. The van der Waals surface area contributed by atoms with Gasteiger partial charge >= 0.3 is 0 Å². The molecule has 0 aliphatic heterocycles. The fourth-order valence-electron chi connectivity index (χ4n) is 2.78. The van der Waals surface area contributed by atoms with Crippen LogP contribution in [0.2, 0.25) is 0 Å². The van der Waals surface area contributed by atoms with Gasteiger partial charge in [0.2, 0.25) is 5.91 Å². The summed E-state index contributed by atoms with van der Waals surface area (Å²) in [6.45, 7) is 3.89. The maximum absolute atomic E-state index is 12.0. The van der Waals surface area contributed by atoms with E-state index in [1.165, 1.54) is 11.1 Å². The fraction of sp³-hybridized carbons (Fsp3) is 0.316. The smallest absolute Gasteiger partial charge is 0.221 e. The number of amides is 1. The van der Waals surface area contributed by atoms with Crippen LogP contribution in [0, 0.1) is 0 Å². The van der Waals surface area contributed by atoms with Crippen LogP contribution in [0.3, 0.4) is 0 Å². The maximum atomic E-state index is 12.0. The molecule has 2 rings (SSSR count). The van der Waals surface area contributed by atoms with Gasteiger partial charge in [-0.1, -0.05) is 60.7 Å². The zero-order valence-corrected chi connectivity index (χ0v) is 13.2. The van der Waals surface area contributed by atoms with Crippen LogP contribution in [-0.2, 0) is 4.79 Å². The minimum atomic E-state index is -0.126. The predicted octanol–water partition coefficient (Wildman–Crippen LogP) is 3.06. The van der Waals surface area contributed by atoms with Crippen LogP contribution in [0.1, 0.15) is 37.3 Å². The van der Waals surface area contributed by atoms with E-state index in [4.69, 9.17) is 5.73 Å². The van der Waals surface area contributed by atoms with Crippen molar-refractivity contribution in [1.82, 2.24) is 5.32 Å². The van der Waals surface area contributed by atoms with E-state index < -0.39 is 0 Å². The average molecular weight is 296 g/mol. The molecule has 116 valence electrons. The highest BCUT2D eigenvalue weighted by Crippen LogP contribution is 2.27. The molecule has 1 amide bonds. The molecule has 22 heavy (non-hydrogen) atoms. The second-order valence-corrected chi connectivity index (χ2v) is 5.84. The Balaban J connectivity index is 2.23. The van der Waals surface area contributed by atoms with E-state index in [9.17, 15) is 4.79 Å². The van der Waals surface area contributed by atoms with Crippen LogP contribution >= 0.6 is 0 Å². The van der Waals surface area contributed by atoms with Crippen LogP contribution in [0.5, 0.6) is 0 Å². The van der Waals surface area contributed by atoms with E-state index in [1.807, 2.05) is 50.2 Å². The summed E-state index contributed by atoms with van der Waals surface area (Å²) in [5.74, 6) is 0.124. The molecule has 2 aromatic rings. The van der Waals surface area contributed by atoms with Crippen LogP contribution in [-0.4, -0.2) is 18.0 Å². The molecule has 3 nitrogen and oxygen atoms in total. The number of carbonyl (C=O) groups is 1. The Morgan fingerprint density at radius 3 is 1.82 bits per heavy atom. The van der Waals surface area contributed by atoms with Gasteiger partial charge in [-0.05, 0) is 25.0 Å². The summed E-state index contributed by atoms with van der Waals surface area (Å²) < 4.78 is 0. The van der Waals surface area contributed by atoms with E-state index in [0.717, 1.165) is 0 Å². The standard InChI is InChI=1S/C19H24N2O/c1-14(20)13-18(22)21-15(2)19(16-9-5-3-6-10-16)17-11-7-4-8-12-17/h3-12,14-15,19H,13,20H2,1-2H3,(H,21,22). The van der Waals surface area contributed by atoms with Crippen LogP contribution in [0.15, 0.2) is 60.7 Å². The topological polar surface area (TPSA) is 55.1 Å². The van der Waals surface area contributed by atoms with Gasteiger partial charge in [0.05, 0.1) is 0 Å². The van der Waals surface area contributed by atoms with Crippen LogP contribution in [0.4, 0.5) is 0 Å². The molecule has 0 aliphatic rings. The van der Waals surface area contributed by atoms with Gasteiger partial charge in [0.25, 0.3) is 0 Å². The van der Waals surface area contributed by atoms with E-state index in [-0.39, 0.29) is 23.9 Å². The molecule has 2 aromatic carbocycles. The molecule has 0 spiro atoms. The maximum Gasteiger partial charge on any atom is 0.221 e. The van der Waals surface area contributed by atoms with E-state index in [2.05, 4.69) is 29.6 Å². The summed E-state index contributed by atoms with van der Waals surface area (Å²) in [5.41, 5.74) is 8.10. The first-order valence-corrected chi connectivity index (χ1v) is 7.72. The zero-order valence-electron chi connectivity index (χ0n) is 13.2. The molecule has 0 radical (unpaired) electrons. The molecule has 0 aliphatic carbocycles. The molecule has 3 heteroatoms. The first kappa shape index (κ1) is 16.2. The molecule has 0 fully saturated rings. The normalized spacial score (nSPS) is 13.6. The van der Waals surface area contributed by atoms with Gasteiger partial charge in [0.1, 0.15) is 0 Å². The first-order chi connectivity index (χ1) is 10.6. The van der Waals surface area contributed by atoms with Gasteiger partial charge in [-0.3, -0.25) is 4.79 Å². The number of carbonyl (C=O) groups excluding carboxylic acids is 1. The minimum absolute atomic E-state index is 0.000591. The second-order valence-electron chi connectivity index (χ2n) is 5.84. The highest BCUT2D eigenvalue weighted by molar-refractivity contribution is 5.77. The number of hydrogen-bond donors (Lipinski definition) is 2. The monoisotopic (exact) mass is 296 g/mol. The van der Waals surface area contributed by atoms with Gasteiger partial charge in [-0.15, -0.1) is 0 Å². The number of rotatable bonds is 6. The molecule has 2 atom stereocenters. The van der Waals surface area contributed by atoms with E-state index in [0.29, 0.717) is 6.42 Å². The third kappa shape index (κ3) is 4.43. The summed E-state index contributed by atoms with van der Waals surface area (Å²) >= 11 is 0. The number of nitrogens with two attached hydrogens (primary N) is 1. The lowest BCUT2D eigenvalue weighted by Crippen LogP contribution is -2.39. The quantitative estimate of drug-likeness (QED) is 0.861. The highest BCUT2D eigenvalue weighted by atomic mass is 16.1. The minimum Gasteiger partial charge on any atom is -0.353 e. The van der Waals surface area contributed by atoms with Crippen molar-refractivity contribution in [2.45, 2.75) is 38.3 Å². The van der Waals surface area contributed by atoms with Gasteiger partial charge in [-0.25, -0.2) is 0 Å². The molecule has 0 heterocycles. The fourth-order valence-corrected chi connectivity index (χ4v) is 2.78. The third-order valence-electron chi connectivity index (χ3n) is 3.71. The van der Waals surface area contributed by atoms with Gasteiger partial charge in [0, 0.05) is 24.4 Å². The zero-order chi connectivity index (χ0) is 15.9. The summed E-state index contributed by atoms with van der Waals surface area (Å²) in [4.78, 5) is 12.0. The number of hydrogen-bond acceptors (Lipinski definition) is 2. The van der Waals surface area contributed by atoms with Crippen molar-refractivity contribution in [2.75, 3.05) is 0 Å². The molecule has 0 saturated heterocycles. The van der Waals surface area contributed by atoms with Crippen molar-refractivity contribution < 1.29 is 4.79 Å². The Bertz CT molecular complexity index is 541. The Morgan fingerprint density at radius 2 is 1.41 bits per heavy atom. The lowest BCUT2D eigenvalue weighted by Gasteiger charge is -2.26. The van der Waals surface area contributed by atoms with Crippen molar-refractivity contribution in [2.24, 2.45) is 5.73 Å². The van der Waals surface area contributed by atoms with Gasteiger partial charge in [0.15, 0.2) is 0 Å². The van der Waals surface area contributed by atoms with E-state index in [1.54, 1.807) is 0 Å². The molecular weight excluding hydrogens is 272 g/mol. The SMILES string of the molecule is CC(N)CC(=O)NC(C)C(c1ccccc1)c1ccccc1. The molecule has 0 bridgehead atoms. The highest BCUT2D eigenvalue weighted by Gasteiger charge is 2.22. The van der Waals surface area contributed by atoms with Crippen molar-refractivity contribution in [3.05, 3.63) is 71.8 Å². The summed E-state index contributed by atoms with van der Waals surface area (Å²) in [5, 5.41) is 3.09. The van der Waals surface area contributed by atoms with Crippen LogP contribution < -0.4 is 11.1 Å². The summed E-state index contributed by atoms with van der Waals surface area (Å²) in [6.07, 6.45) is 0.348.